The van der Waals surface area contributed by atoms with Gasteiger partial charge in [0, 0.05) is 18.1 Å². The number of nitrogens with one attached hydrogen (secondary N) is 1. The van der Waals surface area contributed by atoms with Crippen LogP contribution in [-0.4, -0.2) is 22.0 Å². The Labute approximate surface area is 119 Å². The van der Waals surface area contributed by atoms with E-state index in [1.54, 1.807) is 11.3 Å². The van der Waals surface area contributed by atoms with Crippen molar-refractivity contribution in [3.05, 3.63) is 21.2 Å². The highest BCUT2D eigenvalue weighted by Gasteiger charge is 2.14. The molecule has 2 aromatic heterocycles. The SMILES string of the molecule is CCCc1nc(-c2nc(C)cs2)nc(NC)c1Br. The summed E-state index contributed by atoms with van der Waals surface area (Å²) in [4.78, 5) is 13.5. The number of aromatic nitrogens is 3. The fourth-order valence-electron chi connectivity index (χ4n) is 1.61. The summed E-state index contributed by atoms with van der Waals surface area (Å²) >= 11 is 5.13. The number of anilines is 1. The third-order valence-corrected chi connectivity index (χ3v) is 4.24. The van der Waals surface area contributed by atoms with Crippen molar-refractivity contribution in [1.29, 1.82) is 0 Å². The van der Waals surface area contributed by atoms with Crippen LogP contribution in [0.1, 0.15) is 24.7 Å². The zero-order valence-corrected chi connectivity index (χ0v) is 13.0. The van der Waals surface area contributed by atoms with Gasteiger partial charge in [-0.25, -0.2) is 15.0 Å². The van der Waals surface area contributed by atoms with Gasteiger partial charge in [-0.3, -0.25) is 0 Å². The van der Waals surface area contributed by atoms with Crippen LogP contribution in [0.25, 0.3) is 10.8 Å². The van der Waals surface area contributed by atoms with Gasteiger partial charge < -0.3 is 5.32 Å². The Hall–Kier alpha value is -1.01. The van der Waals surface area contributed by atoms with E-state index in [0.29, 0.717) is 5.82 Å². The summed E-state index contributed by atoms with van der Waals surface area (Å²) in [5, 5.41) is 5.97. The van der Waals surface area contributed by atoms with Crippen LogP contribution < -0.4 is 5.32 Å². The minimum atomic E-state index is 0.698. The number of aryl methyl sites for hydroxylation is 2. The summed E-state index contributed by atoms with van der Waals surface area (Å²) in [6, 6.07) is 0. The third kappa shape index (κ3) is 2.70. The molecule has 2 aromatic rings. The highest BCUT2D eigenvalue weighted by Crippen LogP contribution is 2.28. The zero-order valence-electron chi connectivity index (χ0n) is 10.6. The Morgan fingerprint density at radius 3 is 2.67 bits per heavy atom. The molecule has 0 saturated heterocycles. The molecule has 2 rings (SSSR count). The number of nitrogens with zero attached hydrogens (tertiary/aromatic N) is 3. The van der Waals surface area contributed by atoms with Crippen LogP contribution in [0.3, 0.4) is 0 Å². The van der Waals surface area contributed by atoms with Gasteiger partial charge in [-0.1, -0.05) is 13.3 Å². The van der Waals surface area contributed by atoms with Gasteiger partial charge in [-0.05, 0) is 29.3 Å². The number of hydrogen-bond donors (Lipinski definition) is 1. The minimum absolute atomic E-state index is 0.698. The summed E-state index contributed by atoms with van der Waals surface area (Å²) in [6.07, 6.45) is 1.98. The Kier molecular flexibility index (Phi) is 4.29. The van der Waals surface area contributed by atoms with Gasteiger partial charge in [-0.2, -0.15) is 0 Å². The van der Waals surface area contributed by atoms with E-state index in [-0.39, 0.29) is 0 Å². The summed E-state index contributed by atoms with van der Waals surface area (Å²) in [7, 11) is 1.86. The van der Waals surface area contributed by atoms with E-state index in [2.05, 4.69) is 43.1 Å². The first-order chi connectivity index (χ1) is 8.65. The van der Waals surface area contributed by atoms with Crippen LogP contribution in [0, 0.1) is 6.92 Å². The zero-order chi connectivity index (χ0) is 13.1. The normalized spacial score (nSPS) is 10.7. The van der Waals surface area contributed by atoms with Crippen molar-refractivity contribution in [2.45, 2.75) is 26.7 Å². The molecule has 0 amide bonds. The van der Waals surface area contributed by atoms with Gasteiger partial charge >= 0.3 is 0 Å². The van der Waals surface area contributed by atoms with Crippen LogP contribution in [0.5, 0.6) is 0 Å². The maximum absolute atomic E-state index is 4.60. The third-order valence-electron chi connectivity index (χ3n) is 2.45. The van der Waals surface area contributed by atoms with Gasteiger partial charge in [0.2, 0.25) is 0 Å². The van der Waals surface area contributed by atoms with E-state index >= 15 is 0 Å². The smallest absolute Gasteiger partial charge is 0.191 e. The first-order valence-electron chi connectivity index (χ1n) is 5.82. The minimum Gasteiger partial charge on any atom is -0.372 e. The van der Waals surface area contributed by atoms with Gasteiger partial charge in [-0.15, -0.1) is 11.3 Å². The second kappa shape index (κ2) is 5.75. The molecule has 0 aliphatic rings. The van der Waals surface area contributed by atoms with Gasteiger partial charge in [0.05, 0.1) is 10.2 Å². The van der Waals surface area contributed by atoms with Crippen molar-refractivity contribution in [2.24, 2.45) is 0 Å². The van der Waals surface area contributed by atoms with Crippen LogP contribution in [0.2, 0.25) is 0 Å². The van der Waals surface area contributed by atoms with Crippen LogP contribution in [0.4, 0.5) is 5.82 Å². The number of rotatable bonds is 4. The molecule has 0 spiro atoms. The van der Waals surface area contributed by atoms with Crippen molar-refractivity contribution in [3.8, 4) is 10.8 Å². The summed E-state index contributed by atoms with van der Waals surface area (Å²) < 4.78 is 0.948. The van der Waals surface area contributed by atoms with Crippen LogP contribution in [0.15, 0.2) is 9.85 Å². The average Bonchev–Trinajstić information content (AvgIpc) is 2.79. The second-order valence-electron chi connectivity index (χ2n) is 3.95. The lowest BCUT2D eigenvalue weighted by Gasteiger charge is -2.09. The quantitative estimate of drug-likeness (QED) is 0.931. The molecule has 18 heavy (non-hydrogen) atoms. The maximum atomic E-state index is 4.60. The molecule has 0 radical (unpaired) electrons. The predicted molar refractivity (Wildman–Crippen MR) is 79.1 cm³/mol. The van der Waals surface area contributed by atoms with E-state index in [4.69, 9.17) is 0 Å². The molecule has 0 saturated carbocycles. The molecular weight excluding hydrogens is 312 g/mol. The Morgan fingerprint density at radius 2 is 2.11 bits per heavy atom. The Morgan fingerprint density at radius 1 is 1.33 bits per heavy atom. The Balaban J connectivity index is 2.51. The first kappa shape index (κ1) is 13.4. The Bertz CT molecular complexity index is 553. The van der Waals surface area contributed by atoms with E-state index in [0.717, 1.165) is 39.5 Å². The molecule has 0 unspecified atom stereocenters. The molecule has 6 heteroatoms. The lowest BCUT2D eigenvalue weighted by atomic mass is 10.2. The molecule has 2 heterocycles. The number of thiazole rings is 1. The number of halogens is 1. The highest BCUT2D eigenvalue weighted by molar-refractivity contribution is 9.10. The van der Waals surface area contributed by atoms with E-state index < -0.39 is 0 Å². The van der Waals surface area contributed by atoms with Crippen LogP contribution in [-0.2, 0) is 6.42 Å². The van der Waals surface area contributed by atoms with Crippen LogP contribution >= 0.6 is 27.3 Å². The summed E-state index contributed by atoms with van der Waals surface area (Å²) in [6.45, 7) is 4.12. The number of hydrogen-bond acceptors (Lipinski definition) is 5. The lowest BCUT2D eigenvalue weighted by molar-refractivity contribution is 0.868. The first-order valence-corrected chi connectivity index (χ1v) is 7.49. The van der Waals surface area contributed by atoms with E-state index in [1.165, 1.54) is 0 Å². The largest absolute Gasteiger partial charge is 0.372 e. The molecule has 0 bridgehead atoms. The van der Waals surface area contributed by atoms with Crippen molar-refractivity contribution >= 4 is 33.1 Å². The molecule has 0 aliphatic heterocycles. The van der Waals surface area contributed by atoms with Crippen molar-refractivity contribution in [1.82, 2.24) is 15.0 Å². The molecule has 0 aromatic carbocycles. The standard InChI is InChI=1S/C12H15BrN4S/c1-4-5-8-9(13)10(14-3)17-11(16-8)12-15-7(2)6-18-12/h6H,4-5H2,1-3H3,(H,14,16,17). The topological polar surface area (TPSA) is 50.7 Å². The lowest BCUT2D eigenvalue weighted by Crippen LogP contribution is -2.03. The molecule has 4 nitrogen and oxygen atoms in total. The van der Waals surface area contributed by atoms with E-state index in [1.807, 2.05) is 19.4 Å². The molecule has 1 N–H and O–H groups in total. The van der Waals surface area contributed by atoms with Crippen molar-refractivity contribution in [3.63, 3.8) is 0 Å². The molecular formula is C12H15BrN4S. The maximum Gasteiger partial charge on any atom is 0.191 e. The second-order valence-corrected chi connectivity index (χ2v) is 5.60. The molecule has 0 aliphatic carbocycles. The van der Waals surface area contributed by atoms with Crippen molar-refractivity contribution in [2.75, 3.05) is 12.4 Å². The molecule has 96 valence electrons. The monoisotopic (exact) mass is 326 g/mol. The van der Waals surface area contributed by atoms with Gasteiger partial charge in [0.15, 0.2) is 10.8 Å². The molecule has 0 atom stereocenters. The average molecular weight is 327 g/mol. The van der Waals surface area contributed by atoms with Gasteiger partial charge in [0.1, 0.15) is 5.82 Å². The van der Waals surface area contributed by atoms with Crippen molar-refractivity contribution < 1.29 is 0 Å². The fraction of sp³-hybridized carbons (Fsp3) is 0.417. The van der Waals surface area contributed by atoms with E-state index in [9.17, 15) is 0 Å². The summed E-state index contributed by atoms with van der Waals surface area (Å²) in [5.74, 6) is 1.51. The van der Waals surface area contributed by atoms with Gasteiger partial charge in [0.25, 0.3) is 0 Å². The molecule has 0 fully saturated rings. The highest BCUT2D eigenvalue weighted by atomic mass is 79.9. The predicted octanol–water partition coefficient (Wildman–Crippen LogP) is 3.67. The fourth-order valence-corrected chi connectivity index (χ4v) is 2.92. The summed E-state index contributed by atoms with van der Waals surface area (Å²) in [5.41, 5.74) is 2.03.